The molecule has 7 heteroatoms. The summed E-state index contributed by atoms with van der Waals surface area (Å²) in [5, 5.41) is 11.1. The third-order valence-electron chi connectivity index (χ3n) is 9.58. The molecule has 2 aromatic rings. The van der Waals surface area contributed by atoms with Crippen molar-refractivity contribution in [1.29, 1.82) is 0 Å². The Balaban J connectivity index is 1.51. The minimum absolute atomic E-state index is 0.0433. The number of ether oxygens (including phenoxy) is 1. The number of carbonyl (C=O) groups excluding carboxylic acids is 4. The molecule has 2 aromatic carbocycles. The van der Waals surface area contributed by atoms with Gasteiger partial charge in [-0.25, -0.2) is 0 Å². The summed E-state index contributed by atoms with van der Waals surface area (Å²) >= 11 is 0. The normalized spacial score (nSPS) is 31.2. The van der Waals surface area contributed by atoms with Gasteiger partial charge < -0.3 is 9.84 Å². The van der Waals surface area contributed by atoms with Crippen LogP contribution in [0.1, 0.15) is 43.7 Å². The predicted octanol–water partition coefficient (Wildman–Crippen LogP) is 5.00. The summed E-state index contributed by atoms with van der Waals surface area (Å²) in [6.07, 6.45) is 5.65. The first-order valence-electron chi connectivity index (χ1n) is 13.6. The number of Topliss-reactive ketones (excluding diaryl/α,β-unsaturated/α-hetero) is 1. The maximum absolute atomic E-state index is 14.1. The molecule has 0 radical (unpaired) electrons. The number of allylic oxidation sites excluding steroid dienone is 4. The monoisotopic (exact) mass is 537 g/mol. The van der Waals surface area contributed by atoms with Crippen LogP contribution < -0.4 is 9.64 Å². The van der Waals surface area contributed by atoms with E-state index in [1.165, 1.54) is 18.1 Å². The summed E-state index contributed by atoms with van der Waals surface area (Å²) in [4.78, 5) is 56.4. The molecule has 1 N–H and O–H groups in total. The van der Waals surface area contributed by atoms with E-state index in [2.05, 4.69) is 6.58 Å². The summed E-state index contributed by atoms with van der Waals surface area (Å²) in [5.41, 5.74) is 1.79. The molecule has 6 atom stereocenters. The van der Waals surface area contributed by atoms with E-state index >= 15 is 0 Å². The van der Waals surface area contributed by atoms with Gasteiger partial charge in [0.15, 0.2) is 11.6 Å². The Labute approximate surface area is 232 Å². The molecule has 0 spiro atoms. The number of nitrogens with zero attached hydrogens (tertiary/aromatic N) is 1. The molecule has 6 rings (SSSR count). The number of hydrogen-bond acceptors (Lipinski definition) is 6. The number of phenols is 1. The molecule has 0 unspecified atom stereocenters. The van der Waals surface area contributed by atoms with Crippen LogP contribution in [0.4, 0.5) is 5.69 Å². The first-order valence-corrected chi connectivity index (χ1v) is 13.6. The van der Waals surface area contributed by atoms with Crippen molar-refractivity contribution in [2.75, 3.05) is 12.0 Å². The Morgan fingerprint density at radius 3 is 2.45 bits per heavy atom. The van der Waals surface area contributed by atoms with Crippen molar-refractivity contribution in [3.63, 3.8) is 0 Å². The van der Waals surface area contributed by atoms with Gasteiger partial charge in [0.25, 0.3) is 0 Å². The van der Waals surface area contributed by atoms with Crippen molar-refractivity contribution in [2.24, 2.45) is 29.1 Å². The SMILES string of the molecule is C=Cc1ccc(N2C(=O)[C@H]3[C@H](CC=C4[C@H]3C[C@H]3C(=O)C=C(C)C(=O)[C@@]3(C)[C@H]4c3c(O)cccc3OC)C2=O)cc1. The van der Waals surface area contributed by atoms with Crippen LogP contribution in [0.15, 0.2) is 72.3 Å². The second-order valence-electron chi connectivity index (χ2n) is 11.4. The van der Waals surface area contributed by atoms with Crippen molar-refractivity contribution in [2.45, 2.75) is 32.6 Å². The molecule has 2 fully saturated rings. The molecule has 1 heterocycles. The highest BCUT2D eigenvalue weighted by atomic mass is 16.5. The molecule has 0 aromatic heterocycles. The van der Waals surface area contributed by atoms with Crippen LogP contribution in [0.3, 0.4) is 0 Å². The van der Waals surface area contributed by atoms with Gasteiger partial charge in [0.2, 0.25) is 11.8 Å². The highest BCUT2D eigenvalue weighted by Crippen LogP contribution is 2.64. The number of amides is 2. The zero-order valence-corrected chi connectivity index (χ0v) is 22.7. The zero-order valence-electron chi connectivity index (χ0n) is 22.7. The van der Waals surface area contributed by atoms with Crippen molar-refractivity contribution in [3.8, 4) is 11.5 Å². The lowest BCUT2D eigenvalue weighted by molar-refractivity contribution is -0.141. The van der Waals surface area contributed by atoms with E-state index in [1.54, 1.807) is 50.3 Å². The number of imide groups is 1. The highest BCUT2D eigenvalue weighted by molar-refractivity contribution is 6.22. The van der Waals surface area contributed by atoms with Gasteiger partial charge in [-0.2, -0.15) is 0 Å². The van der Waals surface area contributed by atoms with Gasteiger partial charge in [0.05, 0.1) is 30.0 Å². The fourth-order valence-electron chi connectivity index (χ4n) is 7.72. The first-order chi connectivity index (χ1) is 19.1. The maximum Gasteiger partial charge on any atom is 0.238 e. The predicted molar refractivity (Wildman–Crippen MR) is 150 cm³/mol. The summed E-state index contributed by atoms with van der Waals surface area (Å²) in [6, 6.07) is 12.0. The molecular formula is C33H31NO6. The number of fused-ring (bicyclic) bond motifs is 4. The van der Waals surface area contributed by atoms with Gasteiger partial charge in [0.1, 0.15) is 11.5 Å². The number of anilines is 1. The number of rotatable bonds is 4. The molecule has 3 aliphatic carbocycles. The topological polar surface area (TPSA) is 101 Å². The number of aromatic hydroxyl groups is 1. The van der Waals surface area contributed by atoms with Gasteiger partial charge in [-0.1, -0.05) is 49.4 Å². The van der Waals surface area contributed by atoms with Gasteiger partial charge in [-0.15, -0.1) is 0 Å². The Morgan fingerprint density at radius 2 is 1.77 bits per heavy atom. The first kappa shape index (κ1) is 26.0. The summed E-state index contributed by atoms with van der Waals surface area (Å²) < 4.78 is 5.66. The van der Waals surface area contributed by atoms with Crippen LogP contribution in [-0.4, -0.2) is 35.6 Å². The smallest absolute Gasteiger partial charge is 0.238 e. The van der Waals surface area contributed by atoms with Crippen molar-refractivity contribution in [1.82, 2.24) is 0 Å². The number of benzene rings is 2. The molecular weight excluding hydrogens is 506 g/mol. The minimum atomic E-state index is -1.19. The lowest BCUT2D eigenvalue weighted by atomic mass is 9.47. The molecule has 7 nitrogen and oxygen atoms in total. The molecule has 1 aliphatic heterocycles. The molecule has 0 bridgehead atoms. The Hall–Kier alpha value is -4.26. The Bertz CT molecular complexity index is 1550. The fourth-order valence-corrected chi connectivity index (χ4v) is 7.72. The van der Waals surface area contributed by atoms with E-state index in [1.807, 2.05) is 18.2 Å². The average molecular weight is 538 g/mol. The number of methoxy groups -OCH3 is 1. The Morgan fingerprint density at radius 1 is 1.05 bits per heavy atom. The lowest BCUT2D eigenvalue weighted by Gasteiger charge is -2.53. The van der Waals surface area contributed by atoms with Gasteiger partial charge in [-0.3, -0.25) is 24.1 Å². The molecule has 2 amide bonds. The van der Waals surface area contributed by atoms with Crippen LogP contribution >= 0.6 is 0 Å². The summed E-state index contributed by atoms with van der Waals surface area (Å²) in [7, 11) is 1.50. The third kappa shape index (κ3) is 3.43. The zero-order chi connectivity index (χ0) is 28.5. The second kappa shape index (κ2) is 9.15. The van der Waals surface area contributed by atoms with Gasteiger partial charge in [-0.05, 0) is 67.2 Å². The van der Waals surface area contributed by atoms with Crippen molar-refractivity contribution in [3.05, 3.63) is 83.5 Å². The molecule has 204 valence electrons. The Kier molecular flexibility index (Phi) is 5.95. The van der Waals surface area contributed by atoms with E-state index in [-0.39, 0.29) is 35.6 Å². The number of hydrogen-bond donors (Lipinski definition) is 1. The summed E-state index contributed by atoms with van der Waals surface area (Å²) in [6.45, 7) is 7.20. The van der Waals surface area contributed by atoms with Crippen LogP contribution in [0, 0.1) is 29.1 Å². The highest BCUT2D eigenvalue weighted by Gasteiger charge is 2.64. The van der Waals surface area contributed by atoms with Crippen molar-refractivity contribution < 1.29 is 29.0 Å². The van der Waals surface area contributed by atoms with E-state index in [9.17, 15) is 24.3 Å². The summed E-state index contributed by atoms with van der Waals surface area (Å²) in [5.74, 6) is -3.66. The van der Waals surface area contributed by atoms with Crippen LogP contribution in [-0.2, 0) is 19.2 Å². The standard InChI is InChI=1S/C33H31NO6/c1-5-18-9-11-19(12-10-18)34-31(38)21-14-13-20-22(27(21)32(34)39)16-23-25(36)15-17(2)30(37)33(23,3)29(20)28-24(35)7-6-8-26(28)40-4/h5-13,15,21-23,27,29,35H,1,14,16H2,2-4H3/t21-,22+,23-,27-,29+,33+/m0/s1. The van der Waals surface area contributed by atoms with E-state index in [0.29, 0.717) is 29.0 Å². The van der Waals surface area contributed by atoms with Crippen LogP contribution in [0.2, 0.25) is 0 Å². The molecule has 4 aliphatic rings. The van der Waals surface area contributed by atoms with Gasteiger partial charge >= 0.3 is 0 Å². The molecule has 40 heavy (non-hydrogen) atoms. The van der Waals surface area contributed by atoms with Crippen molar-refractivity contribution >= 4 is 35.1 Å². The number of carbonyl (C=O) groups is 4. The maximum atomic E-state index is 14.1. The average Bonchev–Trinajstić information content (AvgIpc) is 3.21. The minimum Gasteiger partial charge on any atom is -0.508 e. The largest absolute Gasteiger partial charge is 0.508 e. The van der Waals surface area contributed by atoms with E-state index in [0.717, 1.165) is 11.1 Å². The second-order valence-corrected chi connectivity index (χ2v) is 11.4. The quantitative estimate of drug-likeness (QED) is 0.435. The van der Waals surface area contributed by atoms with E-state index < -0.39 is 35.0 Å². The fraction of sp³-hybridized carbons (Fsp3) is 0.333. The number of ketones is 2. The van der Waals surface area contributed by atoms with Crippen LogP contribution in [0.25, 0.3) is 6.08 Å². The lowest BCUT2D eigenvalue weighted by Crippen LogP contribution is -2.54. The molecule has 1 saturated carbocycles. The molecule has 1 saturated heterocycles. The van der Waals surface area contributed by atoms with E-state index in [4.69, 9.17) is 4.74 Å². The van der Waals surface area contributed by atoms with Gasteiger partial charge in [0, 0.05) is 17.4 Å². The third-order valence-corrected chi connectivity index (χ3v) is 9.58. The van der Waals surface area contributed by atoms with Crippen LogP contribution in [0.5, 0.6) is 11.5 Å². The number of phenolic OH excluding ortho intramolecular Hbond substituents is 1.